The zero-order valence-electron chi connectivity index (χ0n) is 17.2. The third-order valence-corrected chi connectivity index (χ3v) is 5.34. The van der Waals surface area contributed by atoms with Crippen molar-refractivity contribution in [3.8, 4) is 0 Å². The average molecular weight is 379 g/mol. The number of hydrogen-bond donors (Lipinski definition) is 3. The molecule has 1 aliphatic heterocycles. The number of guanidine groups is 1. The van der Waals surface area contributed by atoms with Gasteiger partial charge in [-0.15, -0.1) is 0 Å². The molecule has 5 nitrogen and oxygen atoms in total. The van der Waals surface area contributed by atoms with Gasteiger partial charge in [0.1, 0.15) is 0 Å². The lowest BCUT2D eigenvalue weighted by molar-refractivity contribution is -0.116. The molecule has 2 aromatic rings. The molecule has 3 N–H and O–H groups in total. The molecule has 0 spiro atoms. The van der Waals surface area contributed by atoms with Crippen LogP contribution in [0.5, 0.6) is 0 Å². The molecule has 0 fully saturated rings. The highest BCUT2D eigenvalue weighted by atomic mass is 16.1. The van der Waals surface area contributed by atoms with Crippen LogP contribution in [0.4, 0.5) is 5.69 Å². The maximum atomic E-state index is 12.0. The summed E-state index contributed by atoms with van der Waals surface area (Å²) >= 11 is 0. The van der Waals surface area contributed by atoms with Gasteiger partial charge in [-0.2, -0.15) is 0 Å². The zero-order valence-corrected chi connectivity index (χ0v) is 17.2. The summed E-state index contributed by atoms with van der Waals surface area (Å²) in [6.07, 6.45) is 0.482. The number of aryl methyl sites for hydroxylation is 1. The van der Waals surface area contributed by atoms with E-state index in [1.54, 1.807) is 7.05 Å². The molecule has 0 aromatic heterocycles. The molecule has 0 aliphatic carbocycles. The second-order valence-electron chi connectivity index (χ2n) is 8.10. The first-order valence-electron chi connectivity index (χ1n) is 9.79. The second-order valence-corrected chi connectivity index (χ2v) is 8.10. The van der Waals surface area contributed by atoms with Gasteiger partial charge in [0.05, 0.1) is 0 Å². The maximum absolute atomic E-state index is 12.0. The van der Waals surface area contributed by atoms with Crippen molar-refractivity contribution in [2.24, 2.45) is 4.99 Å². The number of para-hydroxylation sites is 1. The lowest BCUT2D eigenvalue weighted by atomic mass is 9.84. The van der Waals surface area contributed by atoms with Crippen molar-refractivity contribution in [2.45, 2.75) is 38.5 Å². The van der Waals surface area contributed by atoms with Gasteiger partial charge in [-0.25, -0.2) is 0 Å². The summed E-state index contributed by atoms with van der Waals surface area (Å²) in [7, 11) is 1.77. The van der Waals surface area contributed by atoms with E-state index in [9.17, 15) is 4.79 Å². The Morgan fingerprint density at radius 3 is 2.71 bits per heavy atom. The Kier molecular flexibility index (Phi) is 6.02. The first-order chi connectivity index (χ1) is 13.4. The highest BCUT2D eigenvalue weighted by Crippen LogP contribution is 2.31. The van der Waals surface area contributed by atoms with Gasteiger partial charge >= 0.3 is 0 Å². The Labute approximate surface area is 167 Å². The Morgan fingerprint density at radius 2 is 1.96 bits per heavy atom. The molecule has 1 unspecified atom stereocenters. The number of benzene rings is 2. The molecule has 0 radical (unpaired) electrons. The van der Waals surface area contributed by atoms with Crippen LogP contribution in [0.15, 0.2) is 53.5 Å². The first-order valence-corrected chi connectivity index (χ1v) is 9.79. The molecular formula is C23H30N4O. The third-order valence-electron chi connectivity index (χ3n) is 5.34. The molecule has 5 heteroatoms. The van der Waals surface area contributed by atoms with Crippen LogP contribution < -0.4 is 16.0 Å². The minimum absolute atomic E-state index is 0.0268. The highest BCUT2D eigenvalue weighted by molar-refractivity contribution is 5.94. The molecule has 148 valence electrons. The molecule has 1 heterocycles. The smallest absolute Gasteiger partial charge is 0.225 e. The van der Waals surface area contributed by atoms with E-state index in [4.69, 9.17) is 0 Å². The van der Waals surface area contributed by atoms with E-state index >= 15 is 0 Å². The quantitative estimate of drug-likeness (QED) is 0.550. The topological polar surface area (TPSA) is 65.5 Å². The molecule has 0 bridgehead atoms. The maximum Gasteiger partial charge on any atom is 0.225 e. The number of rotatable bonds is 5. The van der Waals surface area contributed by atoms with Crippen molar-refractivity contribution in [2.75, 3.05) is 25.5 Å². The van der Waals surface area contributed by atoms with Crippen LogP contribution in [0.1, 0.15) is 42.9 Å². The van der Waals surface area contributed by atoms with E-state index in [1.165, 1.54) is 16.7 Å². The molecule has 0 saturated heterocycles. The number of carbonyl (C=O) groups excluding carboxylic acids is 1. The standard InChI is InChI=1S/C23H30N4O/c1-16-8-7-9-18(12-16)23(2,3)15-26-22(24-4)25-14-17-13-21(28)27-20-11-6-5-10-19(17)20/h5-12,17H,13-15H2,1-4H3,(H,27,28)(H2,24,25,26). The molecule has 28 heavy (non-hydrogen) atoms. The van der Waals surface area contributed by atoms with E-state index in [0.717, 1.165) is 18.2 Å². The van der Waals surface area contributed by atoms with Gasteiger partial charge < -0.3 is 16.0 Å². The highest BCUT2D eigenvalue weighted by Gasteiger charge is 2.25. The number of fused-ring (bicyclic) bond motifs is 1. The Morgan fingerprint density at radius 1 is 1.18 bits per heavy atom. The van der Waals surface area contributed by atoms with E-state index in [0.29, 0.717) is 13.0 Å². The van der Waals surface area contributed by atoms with Crippen LogP contribution in [0.2, 0.25) is 0 Å². The van der Waals surface area contributed by atoms with Gasteiger partial charge in [0.15, 0.2) is 5.96 Å². The molecule has 1 amide bonds. The van der Waals surface area contributed by atoms with Crippen LogP contribution in [0.25, 0.3) is 0 Å². The van der Waals surface area contributed by atoms with Crippen LogP contribution in [0, 0.1) is 6.92 Å². The van der Waals surface area contributed by atoms with Gasteiger partial charge in [0.25, 0.3) is 0 Å². The molecule has 3 rings (SSSR count). The fourth-order valence-corrected chi connectivity index (χ4v) is 3.60. The predicted molar refractivity (Wildman–Crippen MR) is 116 cm³/mol. The van der Waals surface area contributed by atoms with E-state index in [1.807, 2.05) is 18.2 Å². The fraction of sp³-hybridized carbons (Fsp3) is 0.391. The summed E-state index contributed by atoms with van der Waals surface area (Å²) < 4.78 is 0. The third kappa shape index (κ3) is 4.71. The number of amides is 1. The van der Waals surface area contributed by atoms with Crippen LogP contribution in [0.3, 0.4) is 0 Å². The summed E-state index contributed by atoms with van der Waals surface area (Å²) in [5.74, 6) is 0.950. The molecule has 1 aliphatic rings. The zero-order chi connectivity index (χ0) is 20.1. The van der Waals surface area contributed by atoms with Crippen molar-refractivity contribution in [1.29, 1.82) is 0 Å². The largest absolute Gasteiger partial charge is 0.356 e. The van der Waals surface area contributed by atoms with E-state index < -0.39 is 0 Å². The predicted octanol–water partition coefficient (Wildman–Crippen LogP) is 3.56. The minimum Gasteiger partial charge on any atom is -0.356 e. The van der Waals surface area contributed by atoms with Gasteiger partial charge in [0, 0.05) is 43.6 Å². The molecule has 2 aromatic carbocycles. The Bertz CT molecular complexity index is 872. The van der Waals surface area contributed by atoms with Gasteiger partial charge in [-0.1, -0.05) is 61.9 Å². The molecule has 1 atom stereocenters. The second kappa shape index (κ2) is 8.46. The Balaban J connectivity index is 1.60. The van der Waals surface area contributed by atoms with Crippen LogP contribution in [-0.4, -0.2) is 32.0 Å². The lowest BCUT2D eigenvalue weighted by Gasteiger charge is -2.29. The number of nitrogens with zero attached hydrogens (tertiary/aromatic N) is 1. The molecule has 0 saturated carbocycles. The van der Waals surface area contributed by atoms with Crippen molar-refractivity contribution >= 4 is 17.6 Å². The normalized spacial score (nSPS) is 16.9. The monoisotopic (exact) mass is 378 g/mol. The van der Waals surface area contributed by atoms with Crippen molar-refractivity contribution in [3.05, 3.63) is 65.2 Å². The summed E-state index contributed by atoms with van der Waals surface area (Å²) in [5, 5.41) is 9.78. The summed E-state index contributed by atoms with van der Waals surface area (Å²) in [5.41, 5.74) is 4.62. The first kappa shape index (κ1) is 19.9. The number of nitrogens with one attached hydrogen (secondary N) is 3. The van der Waals surface area contributed by atoms with Crippen molar-refractivity contribution < 1.29 is 4.79 Å². The number of anilines is 1. The van der Waals surface area contributed by atoms with Gasteiger partial charge in [-0.3, -0.25) is 9.79 Å². The van der Waals surface area contributed by atoms with Crippen molar-refractivity contribution in [3.63, 3.8) is 0 Å². The summed E-state index contributed by atoms with van der Waals surface area (Å²) in [6.45, 7) is 7.99. The van der Waals surface area contributed by atoms with Crippen LogP contribution >= 0.6 is 0 Å². The van der Waals surface area contributed by atoms with Crippen molar-refractivity contribution in [1.82, 2.24) is 10.6 Å². The lowest BCUT2D eigenvalue weighted by Crippen LogP contribution is -2.45. The number of carbonyl (C=O) groups is 1. The van der Waals surface area contributed by atoms with E-state index in [-0.39, 0.29) is 17.2 Å². The SMILES string of the molecule is CN=C(NCC1CC(=O)Nc2ccccc21)NCC(C)(C)c1cccc(C)c1. The van der Waals surface area contributed by atoms with Crippen LogP contribution in [-0.2, 0) is 10.2 Å². The average Bonchev–Trinajstić information content (AvgIpc) is 2.67. The summed E-state index contributed by atoms with van der Waals surface area (Å²) in [4.78, 5) is 16.4. The minimum atomic E-state index is -0.0268. The van der Waals surface area contributed by atoms with Gasteiger partial charge in [-0.05, 0) is 24.1 Å². The summed E-state index contributed by atoms with van der Waals surface area (Å²) in [6, 6.07) is 16.6. The molecular weight excluding hydrogens is 348 g/mol. The Hall–Kier alpha value is -2.82. The van der Waals surface area contributed by atoms with E-state index in [2.05, 4.69) is 72.0 Å². The number of aliphatic imine (C=N–C) groups is 1. The number of hydrogen-bond acceptors (Lipinski definition) is 2. The van der Waals surface area contributed by atoms with Gasteiger partial charge in [0.2, 0.25) is 5.91 Å². The fourth-order valence-electron chi connectivity index (χ4n) is 3.60.